The SMILES string of the molecule is CCC1(CC)CNCC2(CCCCC2c2ccccc2)O1. The van der Waals surface area contributed by atoms with E-state index in [9.17, 15) is 0 Å². The Morgan fingerprint density at radius 2 is 1.86 bits per heavy atom. The molecule has 1 saturated carbocycles. The Bertz CT molecular complexity index is 450. The molecule has 21 heavy (non-hydrogen) atoms. The van der Waals surface area contributed by atoms with E-state index in [4.69, 9.17) is 4.74 Å². The molecule has 2 atom stereocenters. The smallest absolute Gasteiger partial charge is 0.0882 e. The topological polar surface area (TPSA) is 21.3 Å². The zero-order valence-electron chi connectivity index (χ0n) is 13.5. The molecule has 0 radical (unpaired) electrons. The van der Waals surface area contributed by atoms with Gasteiger partial charge in [0.2, 0.25) is 0 Å². The van der Waals surface area contributed by atoms with Crippen molar-refractivity contribution in [2.45, 2.75) is 69.5 Å². The Balaban J connectivity index is 1.92. The average molecular weight is 287 g/mol. The van der Waals surface area contributed by atoms with Crippen LogP contribution in [0.25, 0.3) is 0 Å². The molecule has 1 N–H and O–H groups in total. The second-order valence-corrected chi connectivity index (χ2v) is 6.87. The van der Waals surface area contributed by atoms with Crippen molar-refractivity contribution in [1.29, 1.82) is 0 Å². The van der Waals surface area contributed by atoms with Gasteiger partial charge in [-0.25, -0.2) is 0 Å². The molecule has 1 spiro atoms. The van der Waals surface area contributed by atoms with Gasteiger partial charge in [-0.3, -0.25) is 0 Å². The Morgan fingerprint density at radius 1 is 1.10 bits per heavy atom. The molecule has 2 unspecified atom stereocenters. The van der Waals surface area contributed by atoms with Crippen LogP contribution in [-0.2, 0) is 4.74 Å². The molecule has 0 bridgehead atoms. The lowest BCUT2D eigenvalue weighted by molar-refractivity contribution is -0.202. The van der Waals surface area contributed by atoms with Crippen LogP contribution in [0.4, 0.5) is 0 Å². The largest absolute Gasteiger partial charge is 0.365 e. The second-order valence-electron chi connectivity index (χ2n) is 6.87. The van der Waals surface area contributed by atoms with Crippen LogP contribution in [0.2, 0.25) is 0 Å². The Morgan fingerprint density at radius 3 is 2.57 bits per heavy atom. The normalized spacial score (nSPS) is 32.2. The first-order valence-corrected chi connectivity index (χ1v) is 8.69. The van der Waals surface area contributed by atoms with Gasteiger partial charge in [0.15, 0.2) is 0 Å². The highest BCUT2D eigenvalue weighted by molar-refractivity contribution is 5.25. The van der Waals surface area contributed by atoms with Crippen LogP contribution in [0.5, 0.6) is 0 Å². The number of morpholine rings is 1. The van der Waals surface area contributed by atoms with Gasteiger partial charge in [-0.1, -0.05) is 57.0 Å². The van der Waals surface area contributed by atoms with Crippen molar-refractivity contribution in [2.24, 2.45) is 0 Å². The number of hydrogen-bond donors (Lipinski definition) is 1. The van der Waals surface area contributed by atoms with Gasteiger partial charge in [-0.05, 0) is 31.2 Å². The van der Waals surface area contributed by atoms with E-state index < -0.39 is 0 Å². The maximum absolute atomic E-state index is 6.91. The molecule has 2 heteroatoms. The summed E-state index contributed by atoms with van der Waals surface area (Å²) in [7, 11) is 0. The lowest BCUT2D eigenvalue weighted by Gasteiger charge is -2.54. The van der Waals surface area contributed by atoms with Crippen molar-refractivity contribution in [3.05, 3.63) is 35.9 Å². The number of hydrogen-bond acceptors (Lipinski definition) is 2. The van der Waals surface area contributed by atoms with Crippen molar-refractivity contribution in [2.75, 3.05) is 13.1 Å². The molecule has 2 nitrogen and oxygen atoms in total. The first kappa shape index (κ1) is 15.1. The third-order valence-corrected chi connectivity index (χ3v) is 5.76. The van der Waals surface area contributed by atoms with E-state index >= 15 is 0 Å². The van der Waals surface area contributed by atoms with Gasteiger partial charge in [0.25, 0.3) is 0 Å². The molecule has 0 aromatic heterocycles. The lowest BCUT2D eigenvalue weighted by atomic mass is 9.70. The summed E-state index contributed by atoms with van der Waals surface area (Å²) in [5.41, 5.74) is 1.49. The number of benzene rings is 1. The van der Waals surface area contributed by atoms with Crippen molar-refractivity contribution in [3.8, 4) is 0 Å². The van der Waals surface area contributed by atoms with E-state index in [0.717, 1.165) is 25.9 Å². The van der Waals surface area contributed by atoms with Gasteiger partial charge >= 0.3 is 0 Å². The minimum atomic E-state index is 0.00384. The van der Waals surface area contributed by atoms with E-state index in [-0.39, 0.29) is 11.2 Å². The fraction of sp³-hybridized carbons (Fsp3) is 0.684. The van der Waals surface area contributed by atoms with Gasteiger partial charge in [0.1, 0.15) is 0 Å². The van der Waals surface area contributed by atoms with E-state index in [1.807, 2.05) is 0 Å². The molecule has 1 aromatic rings. The highest BCUT2D eigenvalue weighted by Crippen LogP contribution is 2.47. The Labute approximate surface area is 129 Å². The minimum absolute atomic E-state index is 0.00384. The summed E-state index contributed by atoms with van der Waals surface area (Å²) >= 11 is 0. The average Bonchev–Trinajstić information content (AvgIpc) is 2.56. The molecule has 1 aliphatic heterocycles. The van der Waals surface area contributed by atoms with Gasteiger partial charge in [-0.15, -0.1) is 0 Å². The van der Waals surface area contributed by atoms with Crippen molar-refractivity contribution >= 4 is 0 Å². The predicted octanol–water partition coefficient (Wildman–Crippen LogP) is 4.26. The zero-order valence-corrected chi connectivity index (χ0v) is 13.5. The maximum Gasteiger partial charge on any atom is 0.0882 e. The van der Waals surface area contributed by atoms with Gasteiger partial charge in [-0.2, -0.15) is 0 Å². The standard InChI is InChI=1S/C19H29NO/c1-3-18(4-2)14-20-15-19(21-18)13-9-8-12-17(19)16-10-6-5-7-11-16/h5-7,10-11,17,20H,3-4,8-9,12-15H2,1-2H3. The quantitative estimate of drug-likeness (QED) is 0.897. The van der Waals surface area contributed by atoms with Gasteiger partial charge in [0.05, 0.1) is 11.2 Å². The van der Waals surface area contributed by atoms with Crippen molar-refractivity contribution in [1.82, 2.24) is 5.32 Å². The summed E-state index contributed by atoms with van der Waals surface area (Å²) in [6, 6.07) is 11.0. The summed E-state index contributed by atoms with van der Waals surface area (Å²) in [6.07, 6.45) is 7.28. The summed E-state index contributed by atoms with van der Waals surface area (Å²) in [5.74, 6) is 0.540. The summed E-state index contributed by atoms with van der Waals surface area (Å²) in [5, 5.41) is 3.71. The first-order chi connectivity index (χ1) is 10.2. The highest BCUT2D eigenvalue weighted by atomic mass is 16.5. The molecule has 2 fully saturated rings. The summed E-state index contributed by atoms with van der Waals surface area (Å²) in [6.45, 7) is 6.55. The molecule has 1 aromatic carbocycles. The second kappa shape index (κ2) is 6.10. The van der Waals surface area contributed by atoms with Crippen LogP contribution in [0.1, 0.15) is 63.9 Å². The predicted molar refractivity (Wildman–Crippen MR) is 87.6 cm³/mol. The number of ether oxygens (including phenoxy) is 1. The van der Waals surface area contributed by atoms with Crippen molar-refractivity contribution in [3.63, 3.8) is 0 Å². The number of nitrogens with one attached hydrogen (secondary N) is 1. The monoisotopic (exact) mass is 287 g/mol. The van der Waals surface area contributed by atoms with E-state index in [1.54, 1.807) is 0 Å². The van der Waals surface area contributed by atoms with Crippen LogP contribution in [0.15, 0.2) is 30.3 Å². The van der Waals surface area contributed by atoms with Crippen LogP contribution >= 0.6 is 0 Å². The van der Waals surface area contributed by atoms with E-state index in [2.05, 4.69) is 49.5 Å². The highest BCUT2D eigenvalue weighted by Gasteiger charge is 2.49. The minimum Gasteiger partial charge on any atom is -0.365 e. The van der Waals surface area contributed by atoms with Crippen LogP contribution in [0.3, 0.4) is 0 Å². The summed E-state index contributed by atoms with van der Waals surface area (Å²) < 4.78 is 6.91. The molecule has 2 aliphatic rings. The van der Waals surface area contributed by atoms with Crippen LogP contribution in [-0.4, -0.2) is 24.3 Å². The lowest BCUT2D eigenvalue weighted by Crippen LogP contribution is -2.63. The van der Waals surface area contributed by atoms with E-state index in [0.29, 0.717) is 5.92 Å². The molecule has 1 aliphatic carbocycles. The molecular formula is C19H29NO. The van der Waals surface area contributed by atoms with Gasteiger partial charge in [0, 0.05) is 19.0 Å². The molecule has 0 amide bonds. The molecule has 3 rings (SSSR count). The molecule has 1 saturated heterocycles. The van der Waals surface area contributed by atoms with Crippen molar-refractivity contribution < 1.29 is 4.74 Å². The van der Waals surface area contributed by atoms with Crippen LogP contribution < -0.4 is 5.32 Å². The fourth-order valence-electron chi connectivity index (χ4n) is 4.35. The zero-order chi connectivity index (χ0) is 14.8. The summed E-state index contributed by atoms with van der Waals surface area (Å²) in [4.78, 5) is 0. The third-order valence-electron chi connectivity index (χ3n) is 5.76. The first-order valence-electron chi connectivity index (χ1n) is 8.69. The number of rotatable bonds is 3. The van der Waals surface area contributed by atoms with E-state index in [1.165, 1.54) is 31.2 Å². The Kier molecular flexibility index (Phi) is 4.37. The fourth-order valence-corrected chi connectivity index (χ4v) is 4.35. The third kappa shape index (κ3) is 2.76. The Hall–Kier alpha value is -0.860. The van der Waals surface area contributed by atoms with Crippen LogP contribution in [0, 0.1) is 0 Å². The molecule has 1 heterocycles. The van der Waals surface area contributed by atoms with Gasteiger partial charge < -0.3 is 10.1 Å². The maximum atomic E-state index is 6.91. The molecular weight excluding hydrogens is 258 g/mol. The molecule has 116 valence electrons.